The van der Waals surface area contributed by atoms with Crippen molar-refractivity contribution in [1.82, 2.24) is 9.47 Å². The Morgan fingerprint density at radius 2 is 2.03 bits per heavy atom. The summed E-state index contributed by atoms with van der Waals surface area (Å²) in [5, 5.41) is 19.8. The maximum atomic E-state index is 11.4. The van der Waals surface area contributed by atoms with Gasteiger partial charge in [0.2, 0.25) is 5.43 Å². The van der Waals surface area contributed by atoms with Crippen LogP contribution in [0.2, 0.25) is 0 Å². The van der Waals surface area contributed by atoms with E-state index >= 15 is 0 Å². The summed E-state index contributed by atoms with van der Waals surface area (Å²) in [5.74, 6) is 0.263. The van der Waals surface area contributed by atoms with Crippen LogP contribution >= 0.6 is 0 Å². The summed E-state index contributed by atoms with van der Waals surface area (Å²) < 4.78 is 7.77. The lowest BCUT2D eigenvalue weighted by Gasteiger charge is -2.35. The molecule has 6 nitrogen and oxygen atoms in total. The van der Waals surface area contributed by atoms with Gasteiger partial charge in [0.25, 0.3) is 0 Å². The molecule has 2 N–H and O–H groups in total. The number of rotatable bonds is 10. The van der Waals surface area contributed by atoms with Gasteiger partial charge < -0.3 is 19.5 Å². The molecule has 2 aromatic rings. The molecular formula is C24H34N2O4. The van der Waals surface area contributed by atoms with Gasteiger partial charge in [-0.2, -0.15) is 0 Å². The van der Waals surface area contributed by atoms with Crippen LogP contribution in [0.15, 0.2) is 35.3 Å². The lowest BCUT2D eigenvalue weighted by molar-refractivity contribution is 0.0796. The van der Waals surface area contributed by atoms with Crippen molar-refractivity contribution in [2.75, 3.05) is 26.3 Å². The van der Waals surface area contributed by atoms with E-state index in [1.165, 1.54) is 11.6 Å². The highest BCUT2D eigenvalue weighted by Crippen LogP contribution is 2.30. The van der Waals surface area contributed by atoms with Gasteiger partial charge in [-0.3, -0.25) is 9.69 Å². The number of aromatic nitrogens is 1. The van der Waals surface area contributed by atoms with Crippen molar-refractivity contribution in [3.8, 4) is 11.5 Å². The average Bonchev–Trinajstić information content (AvgIpc) is 2.75. The number of phenolic OH excluding ortho intramolecular Hbond substituents is 1. The molecule has 0 amide bonds. The summed E-state index contributed by atoms with van der Waals surface area (Å²) >= 11 is 0. The number of hydrogen-bond donors (Lipinski definition) is 2. The molecule has 0 aliphatic heterocycles. The van der Waals surface area contributed by atoms with E-state index in [-0.39, 0.29) is 11.2 Å². The zero-order valence-corrected chi connectivity index (χ0v) is 18.1. The minimum absolute atomic E-state index is 0.170. The van der Waals surface area contributed by atoms with Gasteiger partial charge in [-0.15, -0.1) is 0 Å². The minimum Gasteiger partial charge on any atom is -0.508 e. The van der Waals surface area contributed by atoms with Crippen molar-refractivity contribution < 1.29 is 14.9 Å². The third-order valence-electron chi connectivity index (χ3n) is 6.08. The number of ether oxygens (including phenoxy) is 1. The molecule has 0 saturated heterocycles. The molecule has 0 saturated carbocycles. The Labute approximate surface area is 178 Å². The second kappa shape index (κ2) is 10.6. The molecule has 1 aliphatic carbocycles. The van der Waals surface area contributed by atoms with Gasteiger partial charge in [0.1, 0.15) is 5.75 Å². The average molecular weight is 415 g/mol. The second-order valence-electron chi connectivity index (χ2n) is 8.12. The van der Waals surface area contributed by atoms with Gasteiger partial charge in [-0.05, 0) is 62.8 Å². The van der Waals surface area contributed by atoms with Crippen LogP contribution in [0.3, 0.4) is 0 Å². The molecule has 0 fully saturated rings. The van der Waals surface area contributed by atoms with Crippen molar-refractivity contribution in [3.63, 3.8) is 0 Å². The van der Waals surface area contributed by atoms with E-state index in [1.54, 1.807) is 19.2 Å². The molecule has 1 atom stereocenters. The van der Waals surface area contributed by atoms with Crippen LogP contribution in [-0.2, 0) is 24.1 Å². The SMILES string of the molecule is CCCN(CCOCCCn1ccc(=O)c(O)c1C)C1CCc2c(O)cccc2C1. The number of benzene rings is 1. The summed E-state index contributed by atoms with van der Waals surface area (Å²) in [5.41, 5.74) is 2.65. The number of aryl methyl sites for hydroxylation is 1. The van der Waals surface area contributed by atoms with E-state index < -0.39 is 0 Å². The Hall–Kier alpha value is -2.31. The first-order chi connectivity index (χ1) is 14.5. The topological polar surface area (TPSA) is 74.9 Å². The van der Waals surface area contributed by atoms with Crippen LogP contribution in [0.25, 0.3) is 0 Å². The summed E-state index contributed by atoms with van der Waals surface area (Å²) in [6.07, 6.45) is 6.64. The van der Waals surface area contributed by atoms with Crippen molar-refractivity contribution in [3.05, 3.63) is 57.5 Å². The summed E-state index contributed by atoms with van der Waals surface area (Å²) in [6, 6.07) is 7.75. The molecule has 6 heteroatoms. The van der Waals surface area contributed by atoms with E-state index in [0.717, 1.165) is 50.8 Å². The zero-order valence-electron chi connectivity index (χ0n) is 18.1. The molecule has 1 aromatic carbocycles. The van der Waals surface area contributed by atoms with Crippen molar-refractivity contribution in [2.45, 2.75) is 58.5 Å². The van der Waals surface area contributed by atoms with Gasteiger partial charge in [0, 0.05) is 38.0 Å². The van der Waals surface area contributed by atoms with E-state index in [0.29, 0.717) is 37.2 Å². The minimum atomic E-state index is -0.337. The van der Waals surface area contributed by atoms with Gasteiger partial charge in [0.15, 0.2) is 5.75 Å². The normalized spacial score (nSPS) is 16.0. The van der Waals surface area contributed by atoms with Crippen LogP contribution in [0.4, 0.5) is 0 Å². The number of nitrogens with zero attached hydrogens (tertiary/aromatic N) is 2. The molecule has 0 spiro atoms. The first-order valence-electron chi connectivity index (χ1n) is 11.0. The Morgan fingerprint density at radius 1 is 1.20 bits per heavy atom. The quantitative estimate of drug-likeness (QED) is 0.584. The van der Waals surface area contributed by atoms with Gasteiger partial charge in [-0.1, -0.05) is 19.1 Å². The summed E-state index contributed by atoms with van der Waals surface area (Å²) in [7, 11) is 0. The molecule has 3 rings (SSSR count). The Kier molecular flexibility index (Phi) is 7.94. The standard InChI is InChI=1S/C24H34N2O4/c1-3-11-26(20-8-9-21-19(17-20)6-4-7-22(21)27)14-16-30-15-5-12-25-13-10-23(28)24(29)18(25)2/h4,6-7,10,13,20,27,29H,3,5,8-9,11-12,14-17H2,1-2H3. The highest BCUT2D eigenvalue weighted by molar-refractivity contribution is 5.41. The fourth-order valence-electron chi connectivity index (χ4n) is 4.37. The van der Waals surface area contributed by atoms with Crippen LogP contribution in [-0.4, -0.2) is 52.0 Å². The maximum Gasteiger partial charge on any atom is 0.223 e. The smallest absolute Gasteiger partial charge is 0.223 e. The molecule has 0 bridgehead atoms. The summed E-state index contributed by atoms with van der Waals surface area (Å²) in [6.45, 7) is 7.97. The fraction of sp³-hybridized carbons (Fsp3) is 0.542. The highest BCUT2D eigenvalue weighted by atomic mass is 16.5. The first kappa shape index (κ1) is 22.4. The number of hydrogen-bond acceptors (Lipinski definition) is 5. The molecule has 30 heavy (non-hydrogen) atoms. The largest absolute Gasteiger partial charge is 0.508 e. The van der Waals surface area contributed by atoms with E-state index in [1.807, 2.05) is 10.6 Å². The van der Waals surface area contributed by atoms with E-state index in [2.05, 4.69) is 17.9 Å². The number of fused-ring (bicyclic) bond motifs is 1. The maximum absolute atomic E-state index is 11.4. The third kappa shape index (κ3) is 5.43. The third-order valence-corrected chi connectivity index (χ3v) is 6.08. The highest BCUT2D eigenvalue weighted by Gasteiger charge is 2.25. The lowest BCUT2D eigenvalue weighted by Crippen LogP contribution is -2.41. The Balaban J connectivity index is 1.43. The second-order valence-corrected chi connectivity index (χ2v) is 8.12. The van der Waals surface area contributed by atoms with Crippen molar-refractivity contribution in [1.29, 1.82) is 0 Å². The number of pyridine rings is 1. The Bertz CT molecular complexity index is 893. The van der Waals surface area contributed by atoms with Crippen molar-refractivity contribution >= 4 is 0 Å². The molecular weight excluding hydrogens is 380 g/mol. The molecule has 0 radical (unpaired) electrons. The van der Waals surface area contributed by atoms with Crippen LogP contribution < -0.4 is 5.43 Å². The van der Waals surface area contributed by atoms with Crippen molar-refractivity contribution in [2.24, 2.45) is 0 Å². The van der Waals surface area contributed by atoms with E-state index in [4.69, 9.17) is 4.74 Å². The molecule has 1 aliphatic rings. The predicted octanol–water partition coefficient (Wildman–Crippen LogP) is 3.24. The summed E-state index contributed by atoms with van der Waals surface area (Å²) in [4.78, 5) is 14.0. The zero-order chi connectivity index (χ0) is 21.5. The number of phenols is 1. The lowest BCUT2D eigenvalue weighted by atomic mass is 9.87. The van der Waals surface area contributed by atoms with Gasteiger partial charge >= 0.3 is 0 Å². The monoisotopic (exact) mass is 414 g/mol. The molecule has 164 valence electrons. The van der Waals surface area contributed by atoms with E-state index in [9.17, 15) is 15.0 Å². The molecule has 1 aromatic heterocycles. The van der Waals surface area contributed by atoms with Gasteiger partial charge in [0.05, 0.1) is 12.3 Å². The molecule has 1 unspecified atom stereocenters. The first-order valence-corrected chi connectivity index (χ1v) is 11.0. The van der Waals surface area contributed by atoms with Crippen LogP contribution in [0.1, 0.15) is 43.0 Å². The fourth-order valence-corrected chi connectivity index (χ4v) is 4.37. The Morgan fingerprint density at radius 3 is 2.83 bits per heavy atom. The molecule has 1 heterocycles. The number of aromatic hydroxyl groups is 2. The predicted molar refractivity (Wildman–Crippen MR) is 118 cm³/mol. The van der Waals surface area contributed by atoms with Crippen LogP contribution in [0, 0.1) is 6.92 Å². The van der Waals surface area contributed by atoms with Crippen LogP contribution in [0.5, 0.6) is 11.5 Å². The van der Waals surface area contributed by atoms with Gasteiger partial charge in [-0.25, -0.2) is 0 Å².